The molecule has 21 heavy (non-hydrogen) atoms. The molecule has 0 bridgehead atoms. The molecule has 2 aliphatic rings. The van der Waals surface area contributed by atoms with Gasteiger partial charge in [-0.25, -0.2) is 0 Å². The molecule has 2 N–H and O–H groups in total. The van der Waals surface area contributed by atoms with Gasteiger partial charge in [0.25, 0.3) is 0 Å². The molecule has 3 atom stereocenters. The van der Waals surface area contributed by atoms with Crippen molar-refractivity contribution in [3.05, 3.63) is 16.8 Å². The maximum absolute atomic E-state index is 10.0. The Bertz CT molecular complexity index is 414. The SMILES string of the molecule is CC(O)C1CC(NCC2CCCC2)CN(c2ccsc2)C1. The van der Waals surface area contributed by atoms with Gasteiger partial charge in [0.2, 0.25) is 0 Å². The summed E-state index contributed by atoms with van der Waals surface area (Å²) in [7, 11) is 0. The first kappa shape index (κ1) is 15.3. The first-order chi connectivity index (χ1) is 10.2. The molecule has 1 saturated heterocycles. The van der Waals surface area contributed by atoms with Crippen LogP contribution in [0.15, 0.2) is 16.8 Å². The van der Waals surface area contributed by atoms with Crippen LogP contribution in [-0.2, 0) is 0 Å². The maximum Gasteiger partial charge on any atom is 0.0557 e. The molecule has 2 heterocycles. The fraction of sp³-hybridized carbons (Fsp3) is 0.765. The van der Waals surface area contributed by atoms with Crippen molar-refractivity contribution in [2.45, 2.75) is 51.2 Å². The normalized spacial score (nSPS) is 29.0. The third kappa shape index (κ3) is 3.99. The molecule has 1 aromatic rings. The zero-order valence-electron chi connectivity index (χ0n) is 13.0. The van der Waals surface area contributed by atoms with Crippen LogP contribution in [0.4, 0.5) is 5.69 Å². The Labute approximate surface area is 132 Å². The molecule has 3 nitrogen and oxygen atoms in total. The number of piperidine rings is 1. The van der Waals surface area contributed by atoms with Gasteiger partial charge in [-0.15, -0.1) is 0 Å². The van der Waals surface area contributed by atoms with E-state index in [2.05, 4.69) is 27.0 Å². The summed E-state index contributed by atoms with van der Waals surface area (Å²) in [4.78, 5) is 2.45. The monoisotopic (exact) mass is 308 g/mol. The van der Waals surface area contributed by atoms with Crippen molar-refractivity contribution in [2.75, 3.05) is 24.5 Å². The minimum Gasteiger partial charge on any atom is -0.393 e. The van der Waals surface area contributed by atoms with Crippen molar-refractivity contribution in [1.29, 1.82) is 0 Å². The molecule has 1 aromatic heterocycles. The van der Waals surface area contributed by atoms with Crippen LogP contribution in [0.3, 0.4) is 0 Å². The Morgan fingerprint density at radius 3 is 2.86 bits per heavy atom. The highest BCUT2D eigenvalue weighted by molar-refractivity contribution is 7.08. The Morgan fingerprint density at radius 2 is 2.19 bits per heavy atom. The van der Waals surface area contributed by atoms with E-state index in [0.29, 0.717) is 12.0 Å². The number of anilines is 1. The second-order valence-electron chi connectivity index (χ2n) is 6.88. The minimum atomic E-state index is -0.220. The zero-order chi connectivity index (χ0) is 14.7. The lowest BCUT2D eigenvalue weighted by Crippen LogP contribution is -2.52. The van der Waals surface area contributed by atoms with Gasteiger partial charge in [-0.3, -0.25) is 0 Å². The fourth-order valence-electron chi connectivity index (χ4n) is 3.83. The van der Waals surface area contributed by atoms with Crippen LogP contribution in [0.25, 0.3) is 0 Å². The van der Waals surface area contributed by atoms with Crippen LogP contribution < -0.4 is 10.2 Å². The minimum absolute atomic E-state index is 0.220. The van der Waals surface area contributed by atoms with Gasteiger partial charge in [-0.2, -0.15) is 11.3 Å². The molecule has 1 aliphatic heterocycles. The molecule has 2 fully saturated rings. The van der Waals surface area contributed by atoms with E-state index in [1.165, 1.54) is 31.4 Å². The average molecular weight is 308 g/mol. The molecule has 4 heteroatoms. The van der Waals surface area contributed by atoms with E-state index in [9.17, 15) is 5.11 Å². The van der Waals surface area contributed by atoms with Gasteiger partial charge in [0.1, 0.15) is 0 Å². The third-order valence-corrected chi connectivity index (χ3v) is 5.88. The third-order valence-electron chi connectivity index (χ3n) is 5.21. The largest absolute Gasteiger partial charge is 0.393 e. The van der Waals surface area contributed by atoms with Crippen molar-refractivity contribution in [1.82, 2.24) is 5.32 Å². The number of nitrogens with zero attached hydrogens (tertiary/aromatic N) is 1. The van der Waals surface area contributed by atoms with Crippen molar-refractivity contribution in [2.24, 2.45) is 11.8 Å². The van der Waals surface area contributed by atoms with Crippen molar-refractivity contribution in [3.8, 4) is 0 Å². The number of aliphatic hydroxyl groups excluding tert-OH is 1. The van der Waals surface area contributed by atoms with Gasteiger partial charge >= 0.3 is 0 Å². The molecule has 1 saturated carbocycles. The number of aliphatic hydroxyl groups is 1. The van der Waals surface area contributed by atoms with Gasteiger partial charge in [0, 0.05) is 36.1 Å². The molecule has 0 radical (unpaired) electrons. The van der Waals surface area contributed by atoms with E-state index in [-0.39, 0.29) is 6.10 Å². The molecule has 0 aromatic carbocycles. The molecule has 118 valence electrons. The Morgan fingerprint density at radius 1 is 1.38 bits per heavy atom. The molecule has 3 unspecified atom stereocenters. The summed E-state index contributed by atoms with van der Waals surface area (Å²) in [6, 6.07) is 2.71. The number of hydrogen-bond acceptors (Lipinski definition) is 4. The van der Waals surface area contributed by atoms with E-state index in [1.807, 2.05) is 6.92 Å². The summed E-state index contributed by atoms with van der Waals surface area (Å²) in [6.45, 7) is 5.16. The van der Waals surface area contributed by atoms with Gasteiger partial charge in [-0.05, 0) is 50.1 Å². The first-order valence-electron chi connectivity index (χ1n) is 8.41. The van der Waals surface area contributed by atoms with Crippen LogP contribution in [-0.4, -0.2) is 36.9 Å². The maximum atomic E-state index is 10.0. The summed E-state index contributed by atoms with van der Waals surface area (Å²) in [5, 5.41) is 18.2. The Kier molecular flexibility index (Phi) is 5.19. The summed E-state index contributed by atoms with van der Waals surface area (Å²) in [5.74, 6) is 1.26. The average Bonchev–Trinajstić information content (AvgIpc) is 3.18. The summed E-state index contributed by atoms with van der Waals surface area (Å²) < 4.78 is 0. The van der Waals surface area contributed by atoms with E-state index >= 15 is 0 Å². The van der Waals surface area contributed by atoms with Crippen molar-refractivity contribution >= 4 is 17.0 Å². The first-order valence-corrected chi connectivity index (χ1v) is 9.35. The number of hydrogen-bond donors (Lipinski definition) is 2. The van der Waals surface area contributed by atoms with Gasteiger partial charge in [-0.1, -0.05) is 12.8 Å². The van der Waals surface area contributed by atoms with E-state index in [1.54, 1.807) is 11.3 Å². The van der Waals surface area contributed by atoms with E-state index < -0.39 is 0 Å². The standard InChI is InChI=1S/C17H28N2OS/c1-13(20)15-8-16(18-9-14-4-2-3-5-14)11-19(10-15)17-6-7-21-12-17/h6-7,12-16,18,20H,2-5,8-11H2,1H3. The Balaban J connectivity index is 1.59. The number of rotatable bonds is 5. The highest BCUT2D eigenvalue weighted by atomic mass is 32.1. The smallest absolute Gasteiger partial charge is 0.0557 e. The lowest BCUT2D eigenvalue weighted by molar-refractivity contribution is 0.105. The lowest BCUT2D eigenvalue weighted by atomic mass is 9.89. The van der Waals surface area contributed by atoms with Gasteiger partial charge in [0.05, 0.1) is 6.10 Å². The molecular weight excluding hydrogens is 280 g/mol. The topological polar surface area (TPSA) is 35.5 Å². The lowest BCUT2D eigenvalue weighted by Gasteiger charge is -2.40. The van der Waals surface area contributed by atoms with Crippen molar-refractivity contribution < 1.29 is 5.11 Å². The van der Waals surface area contributed by atoms with Crippen LogP contribution in [0.5, 0.6) is 0 Å². The second-order valence-corrected chi connectivity index (χ2v) is 7.66. The van der Waals surface area contributed by atoms with Crippen LogP contribution in [0, 0.1) is 11.8 Å². The highest BCUT2D eigenvalue weighted by Gasteiger charge is 2.30. The quantitative estimate of drug-likeness (QED) is 0.877. The summed E-state index contributed by atoms with van der Waals surface area (Å²) >= 11 is 1.75. The predicted molar refractivity (Wildman–Crippen MR) is 90.1 cm³/mol. The fourth-order valence-corrected chi connectivity index (χ4v) is 4.50. The number of nitrogens with one attached hydrogen (secondary N) is 1. The van der Waals surface area contributed by atoms with E-state index in [0.717, 1.165) is 32.0 Å². The molecule has 0 spiro atoms. The number of thiophene rings is 1. The van der Waals surface area contributed by atoms with Crippen LogP contribution >= 0.6 is 11.3 Å². The highest BCUT2D eigenvalue weighted by Crippen LogP contribution is 2.28. The van der Waals surface area contributed by atoms with Gasteiger partial charge < -0.3 is 15.3 Å². The second kappa shape index (κ2) is 7.12. The molecule has 1 aliphatic carbocycles. The van der Waals surface area contributed by atoms with Gasteiger partial charge in [0.15, 0.2) is 0 Å². The molecule has 3 rings (SSSR count). The molecular formula is C17H28N2OS. The summed E-state index contributed by atoms with van der Waals surface area (Å²) in [6.07, 6.45) is 6.50. The van der Waals surface area contributed by atoms with Crippen molar-refractivity contribution in [3.63, 3.8) is 0 Å². The summed E-state index contributed by atoms with van der Waals surface area (Å²) in [5.41, 5.74) is 1.32. The van der Waals surface area contributed by atoms with Crippen LogP contribution in [0.2, 0.25) is 0 Å². The predicted octanol–water partition coefficient (Wildman–Crippen LogP) is 3.10. The Hall–Kier alpha value is -0.580. The molecule has 0 amide bonds. The van der Waals surface area contributed by atoms with E-state index in [4.69, 9.17) is 0 Å². The van der Waals surface area contributed by atoms with Crippen LogP contribution in [0.1, 0.15) is 39.0 Å². The zero-order valence-corrected chi connectivity index (χ0v) is 13.8.